The largest absolute Gasteiger partial charge is 0.507 e. The highest BCUT2D eigenvalue weighted by Gasteiger charge is 2.03. The van der Waals surface area contributed by atoms with Crippen molar-refractivity contribution in [3.05, 3.63) is 71.8 Å². The van der Waals surface area contributed by atoms with E-state index in [2.05, 4.69) is 15.5 Å². The van der Waals surface area contributed by atoms with Crippen LogP contribution in [0, 0.1) is 0 Å². The fraction of sp³-hybridized carbons (Fsp3) is 0.0556. The van der Waals surface area contributed by atoms with Gasteiger partial charge in [-0.2, -0.15) is 5.10 Å². The van der Waals surface area contributed by atoms with Gasteiger partial charge in [0.1, 0.15) is 5.75 Å². The molecule has 0 aromatic heterocycles. The number of nitrogens with two attached hydrogens (primary N) is 1. The molecule has 0 aliphatic heterocycles. The van der Waals surface area contributed by atoms with Gasteiger partial charge < -0.3 is 10.8 Å². The van der Waals surface area contributed by atoms with Crippen LogP contribution in [0.5, 0.6) is 5.75 Å². The highest BCUT2D eigenvalue weighted by atomic mass is 16.3. The maximum absolute atomic E-state index is 11.7. The Morgan fingerprint density at radius 3 is 2.46 bits per heavy atom. The van der Waals surface area contributed by atoms with E-state index in [4.69, 9.17) is 5.73 Å². The minimum Gasteiger partial charge on any atom is -0.507 e. The third-order valence-electron chi connectivity index (χ3n) is 3.08. The average Bonchev–Trinajstić information content (AvgIpc) is 2.59. The van der Waals surface area contributed by atoms with Gasteiger partial charge in [-0.05, 0) is 30.7 Å². The van der Waals surface area contributed by atoms with Crippen LogP contribution in [0.1, 0.15) is 18.1 Å². The number of phenols is 1. The van der Waals surface area contributed by atoms with Gasteiger partial charge in [-0.1, -0.05) is 42.5 Å². The molecule has 6 heteroatoms. The molecule has 0 aliphatic carbocycles. The second kappa shape index (κ2) is 8.28. The van der Waals surface area contributed by atoms with E-state index in [1.165, 1.54) is 6.08 Å². The van der Waals surface area contributed by atoms with Crippen molar-refractivity contribution >= 4 is 23.7 Å². The molecule has 2 aromatic rings. The summed E-state index contributed by atoms with van der Waals surface area (Å²) in [5, 5.41) is 19.8. The topological polar surface area (TPSA) is 100 Å². The molecule has 0 saturated heterocycles. The van der Waals surface area contributed by atoms with Crippen molar-refractivity contribution in [2.45, 2.75) is 6.92 Å². The van der Waals surface area contributed by atoms with Crippen molar-refractivity contribution in [1.29, 1.82) is 0 Å². The van der Waals surface area contributed by atoms with Crippen LogP contribution in [0.15, 0.2) is 70.9 Å². The molecule has 0 atom stereocenters. The number of guanidine groups is 1. The average molecular weight is 322 g/mol. The van der Waals surface area contributed by atoms with Gasteiger partial charge in [-0.15, -0.1) is 5.10 Å². The molecular weight excluding hydrogens is 304 g/mol. The van der Waals surface area contributed by atoms with E-state index >= 15 is 0 Å². The van der Waals surface area contributed by atoms with Gasteiger partial charge in [0.05, 0.1) is 5.71 Å². The lowest BCUT2D eigenvalue weighted by Gasteiger charge is -2.02. The summed E-state index contributed by atoms with van der Waals surface area (Å²) in [5.74, 6) is -0.439. The summed E-state index contributed by atoms with van der Waals surface area (Å²) in [6.45, 7) is 1.68. The Morgan fingerprint density at radius 1 is 1.08 bits per heavy atom. The molecule has 0 saturated carbocycles. The maximum atomic E-state index is 11.7. The summed E-state index contributed by atoms with van der Waals surface area (Å²) in [5.41, 5.74) is 7.54. The quantitative estimate of drug-likeness (QED) is 0.348. The highest BCUT2D eigenvalue weighted by Crippen LogP contribution is 2.16. The molecule has 0 unspecified atom stereocenters. The Balaban J connectivity index is 1.98. The lowest BCUT2D eigenvalue weighted by molar-refractivity contribution is -0.115. The first-order valence-corrected chi connectivity index (χ1v) is 7.26. The predicted octanol–water partition coefficient (Wildman–Crippen LogP) is 2.26. The van der Waals surface area contributed by atoms with Crippen LogP contribution in [-0.2, 0) is 4.79 Å². The lowest BCUT2D eigenvalue weighted by atomic mass is 10.1. The summed E-state index contributed by atoms with van der Waals surface area (Å²) in [4.78, 5) is 11.7. The molecule has 0 fully saturated rings. The summed E-state index contributed by atoms with van der Waals surface area (Å²) in [7, 11) is 0. The number of para-hydroxylation sites is 1. The van der Waals surface area contributed by atoms with E-state index in [-0.39, 0.29) is 11.7 Å². The molecule has 0 heterocycles. The number of carbonyl (C=O) groups is 1. The fourth-order valence-electron chi connectivity index (χ4n) is 1.89. The van der Waals surface area contributed by atoms with E-state index in [0.717, 1.165) is 5.56 Å². The number of hydrogen-bond donors (Lipinski definition) is 3. The van der Waals surface area contributed by atoms with Crippen LogP contribution in [-0.4, -0.2) is 22.7 Å². The monoisotopic (exact) mass is 322 g/mol. The molecule has 0 radical (unpaired) electrons. The van der Waals surface area contributed by atoms with E-state index < -0.39 is 5.91 Å². The predicted molar refractivity (Wildman–Crippen MR) is 95.6 cm³/mol. The van der Waals surface area contributed by atoms with Crippen molar-refractivity contribution in [3.8, 4) is 5.75 Å². The van der Waals surface area contributed by atoms with Gasteiger partial charge in [0, 0.05) is 11.6 Å². The van der Waals surface area contributed by atoms with Crippen molar-refractivity contribution in [1.82, 2.24) is 5.32 Å². The van der Waals surface area contributed by atoms with Crippen LogP contribution in [0.25, 0.3) is 6.08 Å². The van der Waals surface area contributed by atoms with Gasteiger partial charge in [-0.25, -0.2) is 0 Å². The second-order valence-electron chi connectivity index (χ2n) is 4.92. The van der Waals surface area contributed by atoms with E-state index in [0.29, 0.717) is 11.3 Å². The minimum absolute atomic E-state index is 0.0994. The van der Waals surface area contributed by atoms with E-state index in [9.17, 15) is 9.90 Å². The van der Waals surface area contributed by atoms with Crippen molar-refractivity contribution in [3.63, 3.8) is 0 Å². The molecule has 0 spiro atoms. The standard InChI is InChI=1S/C18H18N4O2/c1-13(15-9-5-6-10-16(15)23)21-22-18(19)20-17(24)12-11-14-7-3-2-4-8-14/h2-12,23H,1H3,(H3,19,20,22,24)/b12-11+,21-13-. The van der Waals surface area contributed by atoms with Crippen LogP contribution < -0.4 is 11.1 Å². The van der Waals surface area contributed by atoms with E-state index in [1.54, 1.807) is 37.3 Å². The van der Waals surface area contributed by atoms with Crippen LogP contribution >= 0.6 is 0 Å². The smallest absolute Gasteiger partial charge is 0.250 e. The molecule has 2 aromatic carbocycles. The molecule has 1 amide bonds. The molecule has 6 nitrogen and oxygen atoms in total. The number of nitrogens with zero attached hydrogens (tertiary/aromatic N) is 2. The first kappa shape index (κ1) is 17.0. The minimum atomic E-state index is -0.407. The number of nitrogens with one attached hydrogen (secondary N) is 1. The molecule has 4 N–H and O–H groups in total. The SMILES string of the molecule is C/C(=N/N=C(\N)NC(=O)/C=C/c1ccccc1)c1ccccc1O. The number of phenolic OH excluding ortho intramolecular Hbond substituents is 1. The summed E-state index contributed by atoms with van der Waals surface area (Å²) >= 11 is 0. The first-order chi connectivity index (χ1) is 11.6. The lowest BCUT2D eigenvalue weighted by Crippen LogP contribution is -2.35. The Bertz CT molecular complexity index is 796. The van der Waals surface area contributed by atoms with Gasteiger partial charge in [-0.3, -0.25) is 10.1 Å². The first-order valence-electron chi connectivity index (χ1n) is 7.26. The fourth-order valence-corrected chi connectivity index (χ4v) is 1.89. The molecular formula is C18H18N4O2. The second-order valence-corrected chi connectivity index (χ2v) is 4.92. The number of aromatic hydroxyl groups is 1. The van der Waals surface area contributed by atoms with Crippen LogP contribution in [0.3, 0.4) is 0 Å². The zero-order chi connectivity index (χ0) is 17.4. The summed E-state index contributed by atoms with van der Waals surface area (Å²) < 4.78 is 0. The third kappa shape index (κ3) is 5.10. The molecule has 0 aliphatic rings. The zero-order valence-electron chi connectivity index (χ0n) is 13.2. The molecule has 2 rings (SSSR count). The van der Waals surface area contributed by atoms with E-state index in [1.807, 2.05) is 30.3 Å². The van der Waals surface area contributed by atoms with Gasteiger partial charge >= 0.3 is 0 Å². The van der Waals surface area contributed by atoms with Crippen molar-refractivity contribution < 1.29 is 9.90 Å². The number of hydrogen-bond acceptors (Lipinski definition) is 4. The highest BCUT2D eigenvalue weighted by molar-refractivity contribution is 6.04. The zero-order valence-corrected chi connectivity index (χ0v) is 13.2. The Hall–Kier alpha value is -3.41. The third-order valence-corrected chi connectivity index (χ3v) is 3.08. The van der Waals surface area contributed by atoms with Gasteiger partial charge in [0.15, 0.2) is 0 Å². The van der Waals surface area contributed by atoms with Crippen LogP contribution in [0.2, 0.25) is 0 Å². The Labute approximate surface area is 140 Å². The van der Waals surface area contributed by atoms with Crippen molar-refractivity contribution in [2.75, 3.05) is 0 Å². The number of carbonyl (C=O) groups excluding carboxylic acids is 1. The number of amides is 1. The van der Waals surface area contributed by atoms with Gasteiger partial charge in [0.25, 0.3) is 5.91 Å². The van der Waals surface area contributed by atoms with Gasteiger partial charge in [0.2, 0.25) is 5.96 Å². The van der Waals surface area contributed by atoms with Crippen molar-refractivity contribution in [2.24, 2.45) is 15.9 Å². The molecule has 122 valence electrons. The number of benzene rings is 2. The molecule has 24 heavy (non-hydrogen) atoms. The maximum Gasteiger partial charge on any atom is 0.250 e. The Morgan fingerprint density at radius 2 is 1.75 bits per heavy atom. The number of rotatable bonds is 4. The van der Waals surface area contributed by atoms with Crippen LogP contribution in [0.4, 0.5) is 0 Å². The summed E-state index contributed by atoms with van der Waals surface area (Å²) in [6, 6.07) is 16.2. The summed E-state index contributed by atoms with van der Waals surface area (Å²) in [6.07, 6.45) is 3.02. The molecule has 0 bridgehead atoms. The normalized spacial score (nSPS) is 12.4. The Kier molecular flexibility index (Phi) is 5.85.